The molecule has 0 radical (unpaired) electrons. The van der Waals surface area contributed by atoms with Crippen molar-refractivity contribution in [1.29, 1.82) is 0 Å². The fourth-order valence-corrected chi connectivity index (χ4v) is 5.40. The average Bonchev–Trinajstić information content (AvgIpc) is 3.47. The first kappa shape index (κ1) is 29.3. The second-order valence-corrected chi connectivity index (χ2v) is 11.7. The van der Waals surface area contributed by atoms with Crippen LogP contribution in [0.2, 0.25) is 0 Å². The summed E-state index contributed by atoms with van der Waals surface area (Å²) in [5.41, 5.74) is 0.818. The van der Waals surface area contributed by atoms with Gasteiger partial charge in [0, 0.05) is 38.1 Å². The lowest BCUT2D eigenvalue weighted by molar-refractivity contribution is -0.134. The molecule has 216 valence electrons. The molecule has 2 fully saturated rings. The van der Waals surface area contributed by atoms with Crippen molar-refractivity contribution in [3.05, 3.63) is 54.0 Å². The molecule has 1 aromatic heterocycles. The number of carbonyl (C=O) groups is 3. The molecule has 1 atom stereocenters. The van der Waals surface area contributed by atoms with E-state index < -0.39 is 17.7 Å². The Morgan fingerprint density at radius 1 is 1.00 bits per heavy atom. The molecule has 3 N–H and O–H groups in total. The average molecular weight is 551 g/mol. The van der Waals surface area contributed by atoms with Crippen LogP contribution in [0.3, 0.4) is 0 Å². The van der Waals surface area contributed by atoms with E-state index in [0.717, 1.165) is 32.4 Å². The van der Waals surface area contributed by atoms with E-state index in [2.05, 4.69) is 38.1 Å². The lowest BCUT2D eigenvalue weighted by Crippen LogP contribution is -2.54. The Balaban J connectivity index is 1.32. The maximum Gasteiger partial charge on any atom is 0.408 e. The zero-order valence-electron chi connectivity index (χ0n) is 23.8. The molecule has 10 heteroatoms. The van der Waals surface area contributed by atoms with Crippen LogP contribution in [0.4, 0.5) is 10.6 Å². The number of anilines is 1. The van der Waals surface area contributed by atoms with Gasteiger partial charge in [-0.3, -0.25) is 9.59 Å². The van der Waals surface area contributed by atoms with E-state index in [4.69, 9.17) is 4.74 Å². The molecule has 0 spiro atoms. The topological polar surface area (TPSA) is 126 Å². The van der Waals surface area contributed by atoms with Crippen LogP contribution in [0.5, 0.6) is 0 Å². The van der Waals surface area contributed by atoms with Crippen molar-refractivity contribution in [2.24, 2.45) is 5.92 Å². The Labute approximate surface area is 236 Å². The van der Waals surface area contributed by atoms with Gasteiger partial charge >= 0.3 is 6.09 Å². The number of aromatic nitrogens is 2. The number of nitrogens with zero attached hydrogens (tertiary/aromatic N) is 3. The van der Waals surface area contributed by atoms with E-state index in [1.54, 1.807) is 27.0 Å². The SMILES string of the molecule is CC(C)(C)OC(=O)N[C@H](C(=O)N1CCCC1)C1CCC(NC(=O)c2nccnc2NCCc2ccccc2)CC1. The molecule has 0 bridgehead atoms. The number of rotatable bonds is 9. The number of hydrogen-bond donors (Lipinski definition) is 3. The van der Waals surface area contributed by atoms with Gasteiger partial charge in [-0.1, -0.05) is 30.3 Å². The number of likely N-dealkylation sites (tertiary alicyclic amines) is 1. The van der Waals surface area contributed by atoms with Crippen LogP contribution in [-0.4, -0.2) is 70.1 Å². The molecule has 1 aliphatic heterocycles. The van der Waals surface area contributed by atoms with E-state index in [1.165, 1.54) is 11.8 Å². The largest absolute Gasteiger partial charge is 0.444 e. The third-order valence-electron chi connectivity index (χ3n) is 7.40. The van der Waals surface area contributed by atoms with Crippen LogP contribution in [0.15, 0.2) is 42.7 Å². The molecule has 1 saturated carbocycles. The number of amides is 3. The van der Waals surface area contributed by atoms with Crippen LogP contribution < -0.4 is 16.0 Å². The van der Waals surface area contributed by atoms with Crippen molar-refractivity contribution in [2.45, 2.75) is 83.4 Å². The minimum Gasteiger partial charge on any atom is -0.444 e. The molecule has 4 rings (SSSR count). The van der Waals surface area contributed by atoms with E-state index in [0.29, 0.717) is 38.0 Å². The smallest absolute Gasteiger partial charge is 0.408 e. The van der Waals surface area contributed by atoms with E-state index >= 15 is 0 Å². The zero-order chi connectivity index (χ0) is 28.5. The van der Waals surface area contributed by atoms with E-state index in [9.17, 15) is 14.4 Å². The summed E-state index contributed by atoms with van der Waals surface area (Å²) >= 11 is 0. The number of carbonyl (C=O) groups excluding carboxylic acids is 3. The van der Waals surface area contributed by atoms with Crippen LogP contribution >= 0.6 is 0 Å². The number of nitrogens with one attached hydrogen (secondary N) is 3. The zero-order valence-corrected chi connectivity index (χ0v) is 23.8. The van der Waals surface area contributed by atoms with Gasteiger partial charge in [-0.2, -0.15) is 0 Å². The maximum absolute atomic E-state index is 13.4. The highest BCUT2D eigenvalue weighted by Crippen LogP contribution is 2.29. The number of hydrogen-bond acceptors (Lipinski definition) is 7. The molecule has 2 aliphatic rings. The highest BCUT2D eigenvalue weighted by Gasteiger charge is 2.37. The standard InChI is InChI=1S/C30H42N6O4/c1-30(2,3)40-29(39)35-24(28(38)36-19-7-8-20-36)22-11-13-23(14-12-22)34-27(37)25-26(33-18-17-31-25)32-16-15-21-9-5-4-6-10-21/h4-6,9-10,17-18,22-24H,7-8,11-16,19-20H2,1-3H3,(H,32,33)(H,34,37)(H,35,39)/t22?,23?,24-/m0/s1. The first-order valence-electron chi connectivity index (χ1n) is 14.4. The normalized spacial score (nSPS) is 19.9. The lowest BCUT2D eigenvalue weighted by atomic mass is 9.81. The lowest BCUT2D eigenvalue weighted by Gasteiger charge is -2.35. The van der Waals surface area contributed by atoms with Gasteiger partial charge in [0.25, 0.3) is 5.91 Å². The Kier molecular flexibility index (Phi) is 9.95. The summed E-state index contributed by atoms with van der Waals surface area (Å²) in [6.45, 7) is 7.48. The Morgan fingerprint density at radius 3 is 2.35 bits per heavy atom. The third kappa shape index (κ3) is 8.40. The van der Waals surface area contributed by atoms with Gasteiger partial charge in [-0.25, -0.2) is 14.8 Å². The third-order valence-corrected chi connectivity index (χ3v) is 7.40. The van der Waals surface area contributed by atoms with Crippen molar-refractivity contribution in [3.63, 3.8) is 0 Å². The second-order valence-electron chi connectivity index (χ2n) is 11.7. The minimum absolute atomic E-state index is 0.0273. The highest BCUT2D eigenvalue weighted by molar-refractivity contribution is 5.96. The fourth-order valence-electron chi connectivity index (χ4n) is 5.40. The Hall–Kier alpha value is -3.69. The van der Waals surface area contributed by atoms with Gasteiger partial charge in [-0.05, 0) is 77.2 Å². The summed E-state index contributed by atoms with van der Waals surface area (Å²) in [4.78, 5) is 49.6. The van der Waals surface area contributed by atoms with Crippen LogP contribution in [0.25, 0.3) is 0 Å². The van der Waals surface area contributed by atoms with Crippen molar-refractivity contribution >= 4 is 23.7 Å². The highest BCUT2D eigenvalue weighted by atomic mass is 16.6. The second kappa shape index (κ2) is 13.6. The predicted octanol–water partition coefficient (Wildman–Crippen LogP) is 3.94. The number of ether oxygens (including phenoxy) is 1. The van der Waals surface area contributed by atoms with Gasteiger partial charge in [0.05, 0.1) is 0 Å². The summed E-state index contributed by atoms with van der Waals surface area (Å²) in [6.07, 6.45) is 8.09. The molecule has 1 saturated heterocycles. The summed E-state index contributed by atoms with van der Waals surface area (Å²) in [7, 11) is 0. The van der Waals surface area contributed by atoms with Crippen molar-refractivity contribution in [3.8, 4) is 0 Å². The summed E-state index contributed by atoms with van der Waals surface area (Å²) in [5.74, 6) is 0.125. The number of alkyl carbamates (subject to hydrolysis) is 1. The molecule has 1 aromatic carbocycles. The predicted molar refractivity (Wildman–Crippen MR) is 153 cm³/mol. The maximum atomic E-state index is 13.4. The van der Waals surface area contributed by atoms with Crippen molar-refractivity contribution in [2.75, 3.05) is 25.0 Å². The summed E-state index contributed by atoms with van der Waals surface area (Å²) < 4.78 is 5.46. The molecule has 3 amide bonds. The Bertz CT molecular complexity index is 1140. The van der Waals surface area contributed by atoms with Crippen LogP contribution in [0.1, 0.15) is 75.3 Å². The van der Waals surface area contributed by atoms with Gasteiger partial charge in [0.1, 0.15) is 11.6 Å². The first-order valence-corrected chi connectivity index (χ1v) is 14.4. The molecule has 40 heavy (non-hydrogen) atoms. The number of benzene rings is 1. The van der Waals surface area contributed by atoms with Gasteiger partial charge in [0.2, 0.25) is 5.91 Å². The van der Waals surface area contributed by atoms with Gasteiger partial charge in [-0.15, -0.1) is 0 Å². The van der Waals surface area contributed by atoms with Gasteiger partial charge < -0.3 is 25.6 Å². The quantitative estimate of drug-likeness (QED) is 0.432. The molecule has 2 heterocycles. The summed E-state index contributed by atoms with van der Waals surface area (Å²) in [6, 6.07) is 9.44. The molecular weight excluding hydrogens is 508 g/mol. The van der Waals surface area contributed by atoms with E-state index in [1.807, 2.05) is 23.1 Å². The summed E-state index contributed by atoms with van der Waals surface area (Å²) in [5, 5.41) is 9.23. The molecule has 1 aliphatic carbocycles. The fraction of sp³-hybridized carbons (Fsp3) is 0.567. The Morgan fingerprint density at radius 2 is 1.68 bits per heavy atom. The molecular formula is C30H42N6O4. The van der Waals surface area contributed by atoms with Crippen LogP contribution in [0, 0.1) is 5.92 Å². The molecule has 10 nitrogen and oxygen atoms in total. The van der Waals surface area contributed by atoms with Crippen molar-refractivity contribution < 1.29 is 19.1 Å². The van der Waals surface area contributed by atoms with E-state index in [-0.39, 0.29) is 29.5 Å². The molecule has 0 unspecified atom stereocenters. The van der Waals surface area contributed by atoms with Crippen LogP contribution in [-0.2, 0) is 16.0 Å². The van der Waals surface area contributed by atoms with Gasteiger partial charge in [0.15, 0.2) is 11.5 Å². The first-order chi connectivity index (χ1) is 19.2. The van der Waals surface area contributed by atoms with Crippen molar-refractivity contribution in [1.82, 2.24) is 25.5 Å². The molecule has 2 aromatic rings. The minimum atomic E-state index is -0.650. The monoisotopic (exact) mass is 550 g/mol.